The van der Waals surface area contributed by atoms with Crippen LogP contribution in [0.3, 0.4) is 0 Å². The van der Waals surface area contributed by atoms with Crippen LogP contribution in [-0.4, -0.2) is 18.2 Å². The summed E-state index contributed by atoms with van der Waals surface area (Å²) < 4.78 is 0. The lowest BCUT2D eigenvalue weighted by Crippen LogP contribution is -2.27. The maximum atomic E-state index is 10.7. The molecule has 0 aliphatic heterocycles. The van der Waals surface area contributed by atoms with E-state index >= 15 is 0 Å². The van der Waals surface area contributed by atoms with Crippen molar-refractivity contribution in [1.82, 2.24) is 5.32 Å². The quantitative estimate of drug-likeness (QED) is 0.700. The summed E-state index contributed by atoms with van der Waals surface area (Å²) in [6, 6.07) is 0. The summed E-state index contributed by atoms with van der Waals surface area (Å²) in [7, 11) is 0. The first-order valence-corrected chi connectivity index (χ1v) is 4.43. The predicted octanol–water partition coefficient (Wildman–Crippen LogP) is 1.52. The van der Waals surface area contributed by atoms with Crippen molar-refractivity contribution in [3.63, 3.8) is 0 Å². The van der Waals surface area contributed by atoms with E-state index < -0.39 is 0 Å². The molecule has 12 heavy (non-hydrogen) atoms. The van der Waals surface area contributed by atoms with Crippen LogP contribution in [0.1, 0.15) is 40.5 Å². The Hall–Kier alpha value is -0.860. The first kappa shape index (κ1) is 13.7. The van der Waals surface area contributed by atoms with Crippen molar-refractivity contribution in [2.24, 2.45) is 0 Å². The fraction of sp³-hybridized carbons (Fsp3) is 0.778. The Bertz CT molecular complexity index is 132. The van der Waals surface area contributed by atoms with Crippen LogP contribution in [0.25, 0.3) is 0 Å². The minimum Gasteiger partial charge on any atom is -0.349 e. The van der Waals surface area contributed by atoms with Gasteiger partial charge in [0.1, 0.15) is 5.78 Å². The highest BCUT2D eigenvalue weighted by atomic mass is 16.2. The zero-order valence-electron chi connectivity index (χ0n) is 8.44. The van der Waals surface area contributed by atoms with Gasteiger partial charge in [-0.2, -0.15) is 0 Å². The van der Waals surface area contributed by atoms with Gasteiger partial charge in [-0.15, -0.1) is 0 Å². The number of ketones is 1. The van der Waals surface area contributed by atoms with Gasteiger partial charge in [0, 0.05) is 6.42 Å². The molecule has 0 aromatic heterocycles. The van der Waals surface area contributed by atoms with Gasteiger partial charge >= 0.3 is 0 Å². The monoisotopic (exact) mass is 173 g/mol. The summed E-state index contributed by atoms with van der Waals surface area (Å²) in [6.07, 6.45) is 1.33. The molecule has 72 valence electrons. The molecule has 0 saturated heterocycles. The third kappa shape index (κ3) is 11.9. The second-order valence-electron chi connectivity index (χ2n) is 2.23. The Morgan fingerprint density at radius 3 is 2.08 bits per heavy atom. The number of hydrogen-bond donors (Lipinski definition) is 1. The highest BCUT2D eigenvalue weighted by molar-refractivity contribution is 5.84. The van der Waals surface area contributed by atoms with E-state index in [0.29, 0.717) is 6.42 Å². The third-order valence-electron chi connectivity index (χ3n) is 1.01. The van der Waals surface area contributed by atoms with Gasteiger partial charge in [0.2, 0.25) is 5.91 Å². The highest BCUT2D eigenvalue weighted by Crippen LogP contribution is 1.84. The molecule has 0 aliphatic carbocycles. The molecule has 0 saturated carbocycles. The molecule has 0 spiro atoms. The van der Waals surface area contributed by atoms with Gasteiger partial charge < -0.3 is 5.32 Å². The molecule has 0 bridgehead atoms. The van der Waals surface area contributed by atoms with E-state index in [1.54, 1.807) is 0 Å². The van der Waals surface area contributed by atoms with Gasteiger partial charge in [-0.1, -0.05) is 20.8 Å². The van der Waals surface area contributed by atoms with E-state index in [9.17, 15) is 9.59 Å². The molecule has 0 aromatic rings. The number of rotatable bonds is 4. The Morgan fingerprint density at radius 2 is 1.75 bits per heavy atom. The van der Waals surface area contributed by atoms with Crippen LogP contribution < -0.4 is 5.32 Å². The maximum absolute atomic E-state index is 10.7. The Labute approximate surface area is 74.5 Å². The highest BCUT2D eigenvalue weighted by Gasteiger charge is 1.98. The third-order valence-corrected chi connectivity index (χ3v) is 1.01. The van der Waals surface area contributed by atoms with Crippen LogP contribution in [0.4, 0.5) is 0 Å². The minimum absolute atomic E-state index is 0.00977. The summed E-state index contributed by atoms with van der Waals surface area (Å²) in [4.78, 5) is 21.0. The second kappa shape index (κ2) is 10.1. The molecule has 0 unspecified atom stereocenters. The zero-order chi connectivity index (χ0) is 9.98. The van der Waals surface area contributed by atoms with Gasteiger partial charge in [-0.05, 0) is 13.3 Å². The van der Waals surface area contributed by atoms with Crippen LogP contribution in [0.15, 0.2) is 0 Å². The molecule has 0 aliphatic rings. The molecule has 0 heterocycles. The van der Waals surface area contributed by atoms with Crippen molar-refractivity contribution >= 4 is 11.7 Å². The second-order valence-corrected chi connectivity index (χ2v) is 2.23. The topological polar surface area (TPSA) is 46.2 Å². The first-order chi connectivity index (χ1) is 5.66. The predicted molar refractivity (Wildman–Crippen MR) is 49.9 cm³/mol. The Balaban J connectivity index is 0. The molecular formula is C9H19NO2. The number of Topliss-reactive ketones (excluding diaryl/α,β-unsaturated/α-hetero) is 1. The van der Waals surface area contributed by atoms with Gasteiger partial charge in [0.05, 0.1) is 6.54 Å². The first-order valence-electron chi connectivity index (χ1n) is 4.43. The minimum atomic E-state index is -0.0438. The molecule has 3 heteroatoms. The molecule has 0 fully saturated rings. The number of carbonyl (C=O) groups is 2. The lowest BCUT2D eigenvalue weighted by molar-refractivity contribution is -0.124. The van der Waals surface area contributed by atoms with Crippen LogP contribution in [0.5, 0.6) is 0 Å². The summed E-state index contributed by atoms with van der Waals surface area (Å²) in [5.74, 6) is -0.0536. The average molecular weight is 173 g/mol. The normalized spacial score (nSPS) is 8.00. The van der Waals surface area contributed by atoms with E-state index in [0.717, 1.165) is 6.42 Å². The summed E-state index contributed by atoms with van der Waals surface area (Å²) in [5.41, 5.74) is 0. The van der Waals surface area contributed by atoms with Crippen LogP contribution in [0, 0.1) is 0 Å². The van der Waals surface area contributed by atoms with Crippen molar-refractivity contribution in [2.75, 3.05) is 6.54 Å². The molecule has 3 nitrogen and oxygen atoms in total. The molecule has 1 amide bonds. The van der Waals surface area contributed by atoms with Crippen LogP contribution >= 0.6 is 0 Å². The lowest BCUT2D eigenvalue weighted by Gasteiger charge is -1.98. The number of carbonyl (C=O) groups excluding carboxylic acids is 2. The van der Waals surface area contributed by atoms with Gasteiger partial charge in [-0.25, -0.2) is 0 Å². The lowest BCUT2D eigenvalue weighted by atomic mass is 10.3. The van der Waals surface area contributed by atoms with E-state index in [-0.39, 0.29) is 18.2 Å². The molecule has 1 N–H and O–H groups in total. The molecule has 0 aromatic carbocycles. The number of nitrogens with one attached hydrogen (secondary N) is 1. The fourth-order valence-corrected chi connectivity index (χ4v) is 0.539. The largest absolute Gasteiger partial charge is 0.349 e. The number of amides is 1. The summed E-state index contributed by atoms with van der Waals surface area (Å²) in [6.45, 7) is 7.54. The van der Waals surface area contributed by atoms with Gasteiger partial charge in [0.25, 0.3) is 0 Å². The molecule has 0 radical (unpaired) electrons. The van der Waals surface area contributed by atoms with Crippen LogP contribution in [-0.2, 0) is 9.59 Å². The van der Waals surface area contributed by atoms with Gasteiger partial charge in [-0.3, -0.25) is 9.59 Å². The van der Waals surface area contributed by atoms with Crippen molar-refractivity contribution < 1.29 is 9.59 Å². The summed E-state index contributed by atoms with van der Waals surface area (Å²) >= 11 is 0. The fourth-order valence-electron chi connectivity index (χ4n) is 0.539. The van der Waals surface area contributed by atoms with Crippen molar-refractivity contribution in [3.05, 3.63) is 0 Å². The van der Waals surface area contributed by atoms with Gasteiger partial charge in [0.15, 0.2) is 0 Å². The maximum Gasteiger partial charge on any atom is 0.220 e. The number of hydrogen-bond acceptors (Lipinski definition) is 2. The zero-order valence-corrected chi connectivity index (χ0v) is 8.44. The van der Waals surface area contributed by atoms with E-state index in [4.69, 9.17) is 0 Å². The van der Waals surface area contributed by atoms with Crippen molar-refractivity contribution in [2.45, 2.75) is 40.5 Å². The SMILES string of the molecule is CC.CCCC(=O)NCC(C)=O. The van der Waals surface area contributed by atoms with Crippen molar-refractivity contribution in [1.29, 1.82) is 0 Å². The van der Waals surface area contributed by atoms with E-state index in [2.05, 4.69) is 5.32 Å². The molecular weight excluding hydrogens is 154 g/mol. The van der Waals surface area contributed by atoms with E-state index in [1.165, 1.54) is 6.92 Å². The Morgan fingerprint density at radius 1 is 1.25 bits per heavy atom. The Kier molecular flexibility index (Phi) is 11.6. The van der Waals surface area contributed by atoms with Crippen molar-refractivity contribution in [3.8, 4) is 0 Å². The average Bonchev–Trinajstić information content (AvgIpc) is 2.05. The summed E-state index contributed by atoms with van der Waals surface area (Å²) in [5, 5.41) is 2.49. The molecule has 0 rings (SSSR count). The standard InChI is InChI=1S/C7H13NO2.C2H6/c1-3-4-7(10)8-5-6(2)9;1-2/h3-5H2,1-2H3,(H,8,10);1-2H3. The smallest absolute Gasteiger partial charge is 0.220 e. The molecule has 0 atom stereocenters. The van der Waals surface area contributed by atoms with E-state index in [1.807, 2.05) is 20.8 Å². The van der Waals surface area contributed by atoms with Crippen LogP contribution in [0.2, 0.25) is 0 Å².